The van der Waals surface area contributed by atoms with Crippen LogP contribution in [0.25, 0.3) is 0 Å². The lowest BCUT2D eigenvalue weighted by Gasteiger charge is -2.22. The average molecular weight is 171 g/mol. The minimum Gasteiger partial charge on any atom is -0.376 e. The van der Waals surface area contributed by atoms with Crippen molar-refractivity contribution in [3.63, 3.8) is 0 Å². The molecule has 1 rings (SSSR count). The van der Waals surface area contributed by atoms with Gasteiger partial charge in [0.2, 0.25) is 0 Å². The molecular weight excluding hydrogens is 154 g/mol. The summed E-state index contributed by atoms with van der Waals surface area (Å²) < 4.78 is 10.7. The van der Waals surface area contributed by atoms with E-state index in [1.807, 2.05) is 6.08 Å². The second-order valence-corrected chi connectivity index (χ2v) is 2.85. The second kappa shape index (κ2) is 6.17. The van der Waals surface area contributed by atoms with E-state index in [1.54, 1.807) is 0 Å². The Labute approximate surface area is 73.7 Å². The van der Waals surface area contributed by atoms with Gasteiger partial charge in [-0.3, -0.25) is 0 Å². The zero-order valence-electron chi connectivity index (χ0n) is 7.42. The Balaban J connectivity index is 1.94. The summed E-state index contributed by atoms with van der Waals surface area (Å²) in [5.41, 5.74) is 0. The first kappa shape index (κ1) is 9.71. The molecule has 1 aliphatic rings. The molecule has 0 aromatic rings. The Bertz CT molecular complexity index is 122. The summed E-state index contributed by atoms with van der Waals surface area (Å²) in [6, 6.07) is 0. The third kappa shape index (κ3) is 3.85. The van der Waals surface area contributed by atoms with Crippen molar-refractivity contribution in [3.05, 3.63) is 12.7 Å². The Morgan fingerprint density at radius 3 is 3.08 bits per heavy atom. The van der Waals surface area contributed by atoms with E-state index in [0.717, 1.165) is 39.3 Å². The molecule has 0 aromatic carbocycles. The van der Waals surface area contributed by atoms with Crippen molar-refractivity contribution in [1.82, 2.24) is 5.32 Å². The van der Waals surface area contributed by atoms with Crippen LogP contribution in [0.15, 0.2) is 12.7 Å². The van der Waals surface area contributed by atoms with Crippen molar-refractivity contribution in [2.45, 2.75) is 12.5 Å². The van der Waals surface area contributed by atoms with Crippen LogP contribution in [0.5, 0.6) is 0 Å². The molecule has 70 valence electrons. The largest absolute Gasteiger partial charge is 0.376 e. The lowest BCUT2D eigenvalue weighted by Crippen LogP contribution is -2.37. The molecule has 0 bridgehead atoms. The van der Waals surface area contributed by atoms with E-state index in [0.29, 0.717) is 0 Å². The average Bonchev–Trinajstić information content (AvgIpc) is 2.14. The summed E-state index contributed by atoms with van der Waals surface area (Å²) in [5.74, 6) is 0. The Morgan fingerprint density at radius 1 is 1.50 bits per heavy atom. The molecule has 1 heterocycles. The van der Waals surface area contributed by atoms with E-state index in [9.17, 15) is 0 Å². The summed E-state index contributed by atoms with van der Waals surface area (Å²) >= 11 is 0. The van der Waals surface area contributed by atoms with Crippen LogP contribution in [-0.4, -0.2) is 39.0 Å². The normalized spacial score (nSPS) is 23.8. The fourth-order valence-corrected chi connectivity index (χ4v) is 1.12. The van der Waals surface area contributed by atoms with Gasteiger partial charge in [0.15, 0.2) is 0 Å². The van der Waals surface area contributed by atoms with Crippen LogP contribution < -0.4 is 5.32 Å². The van der Waals surface area contributed by atoms with Crippen molar-refractivity contribution in [2.75, 3.05) is 32.9 Å². The van der Waals surface area contributed by atoms with Gasteiger partial charge in [0.05, 0.1) is 25.9 Å². The van der Waals surface area contributed by atoms with Crippen molar-refractivity contribution >= 4 is 0 Å². The molecule has 1 saturated heterocycles. The van der Waals surface area contributed by atoms with Crippen LogP contribution in [0.1, 0.15) is 6.42 Å². The van der Waals surface area contributed by atoms with Gasteiger partial charge >= 0.3 is 0 Å². The van der Waals surface area contributed by atoms with Gasteiger partial charge in [0.25, 0.3) is 0 Å². The number of nitrogens with one attached hydrogen (secondary N) is 1. The van der Waals surface area contributed by atoms with E-state index >= 15 is 0 Å². The molecule has 3 nitrogen and oxygen atoms in total. The van der Waals surface area contributed by atoms with Gasteiger partial charge < -0.3 is 14.8 Å². The van der Waals surface area contributed by atoms with E-state index < -0.39 is 0 Å². The quantitative estimate of drug-likeness (QED) is 0.484. The van der Waals surface area contributed by atoms with Gasteiger partial charge in [0, 0.05) is 6.54 Å². The first-order valence-electron chi connectivity index (χ1n) is 4.44. The third-order valence-electron chi connectivity index (χ3n) is 1.78. The molecule has 1 atom stereocenters. The lowest BCUT2D eigenvalue weighted by atomic mass is 10.3. The predicted molar refractivity (Wildman–Crippen MR) is 48.2 cm³/mol. The fraction of sp³-hybridized carbons (Fsp3) is 0.778. The first-order valence-corrected chi connectivity index (χ1v) is 4.44. The number of hydrogen-bond acceptors (Lipinski definition) is 3. The van der Waals surface area contributed by atoms with Crippen LogP contribution >= 0.6 is 0 Å². The molecule has 1 unspecified atom stereocenters. The summed E-state index contributed by atoms with van der Waals surface area (Å²) in [7, 11) is 0. The highest BCUT2D eigenvalue weighted by molar-refractivity contribution is 4.69. The highest BCUT2D eigenvalue weighted by Crippen LogP contribution is 1.98. The fourth-order valence-electron chi connectivity index (χ4n) is 1.12. The molecule has 0 aliphatic carbocycles. The standard InChI is InChI=1S/C9H17NO2/c1-2-3-4-10-7-9-8-11-5-6-12-9/h2,9-10H,1,3-8H2. The molecule has 12 heavy (non-hydrogen) atoms. The SMILES string of the molecule is C=CCCNCC1COCCO1. The number of ether oxygens (including phenoxy) is 2. The van der Waals surface area contributed by atoms with E-state index in [-0.39, 0.29) is 6.10 Å². The van der Waals surface area contributed by atoms with Gasteiger partial charge in [-0.2, -0.15) is 0 Å². The predicted octanol–water partition coefficient (Wildman–Crippen LogP) is 0.567. The van der Waals surface area contributed by atoms with Gasteiger partial charge in [-0.05, 0) is 13.0 Å². The summed E-state index contributed by atoms with van der Waals surface area (Å²) in [6.07, 6.45) is 3.15. The summed E-state index contributed by atoms with van der Waals surface area (Å²) in [6.45, 7) is 7.70. The zero-order chi connectivity index (χ0) is 8.65. The van der Waals surface area contributed by atoms with E-state index in [4.69, 9.17) is 9.47 Å². The molecule has 1 fully saturated rings. The van der Waals surface area contributed by atoms with Gasteiger partial charge in [0.1, 0.15) is 0 Å². The minimum atomic E-state index is 0.239. The topological polar surface area (TPSA) is 30.5 Å². The van der Waals surface area contributed by atoms with Gasteiger partial charge in [-0.15, -0.1) is 6.58 Å². The molecule has 0 saturated carbocycles. The molecule has 0 aromatic heterocycles. The smallest absolute Gasteiger partial charge is 0.0933 e. The molecule has 0 amide bonds. The Hall–Kier alpha value is -0.380. The van der Waals surface area contributed by atoms with Crippen LogP contribution in [0.3, 0.4) is 0 Å². The van der Waals surface area contributed by atoms with Crippen LogP contribution in [-0.2, 0) is 9.47 Å². The van der Waals surface area contributed by atoms with E-state index in [1.165, 1.54) is 0 Å². The zero-order valence-corrected chi connectivity index (χ0v) is 7.42. The van der Waals surface area contributed by atoms with Crippen LogP contribution in [0, 0.1) is 0 Å². The molecule has 1 aliphatic heterocycles. The maximum atomic E-state index is 5.44. The van der Waals surface area contributed by atoms with Crippen molar-refractivity contribution in [3.8, 4) is 0 Å². The Morgan fingerprint density at radius 2 is 2.42 bits per heavy atom. The maximum absolute atomic E-state index is 5.44. The molecule has 0 radical (unpaired) electrons. The minimum absolute atomic E-state index is 0.239. The second-order valence-electron chi connectivity index (χ2n) is 2.85. The van der Waals surface area contributed by atoms with Gasteiger partial charge in [-0.1, -0.05) is 6.08 Å². The molecule has 1 N–H and O–H groups in total. The highest BCUT2D eigenvalue weighted by atomic mass is 16.6. The number of rotatable bonds is 5. The molecule has 3 heteroatoms. The van der Waals surface area contributed by atoms with Crippen molar-refractivity contribution in [1.29, 1.82) is 0 Å². The summed E-state index contributed by atoms with van der Waals surface area (Å²) in [4.78, 5) is 0. The monoisotopic (exact) mass is 171 g/mol. The lowest BCUT2D eigenvalue weighted by molar-refractivity contribution is -0.0862. The molecule has 0 spiro atoms. The first-order chi connectivity index (χ1) is 5.93. The van der Waals surface area contributed by atoms with Crippen LogP contribution in [0.2, 0.25) is 0 Å². The maximum Gasteiger partial charge on any atom is 0.0933 e. The highest BCUT2D eigenvalue weighted by Gasteiger charge is 2.12. The van der Waals surface area contributed by atoms with Gasteiger partial charge in [-0.25, -0.2) is 0 Å². The van der Waals surface area contributed by atoms with Crippen LogP contribution in [0.4, 0.5) is 0 Å². The summed E-state index contributed by atoms with van der Waals surface area (Å²) in [5, 5.41) is 3.28. The van der Waals surface area contributed by atoms with Crippen molar-refractivity contribution in [2.24, 2.45) is 0 Å². The third-order valence-corrected chi connectivity index (χ3v) is 1.78. The Kier molecular flexibility index (Phi) is 4.99. The van der Waals surface area contributed by atoms with Crippen molar-refractivity contribution < 1.29 is 9.47 Å². The number of hydrogen-bond donors (Lipinski definition) is 1. The van der Waals surface area contributed by atoms with E-state index in [2.05, 4.69) is 11.9 Å². The molecular formula is C9H17NO2.